The highest BCUT2D eigenvalue weighted by Crippen LogP contribution is 2.19. The van der Waals surface area contributed by atoms with Crippen molar-refractivity contribution in [3.8, 4) is 5.75 Å². The van der Waals surface area contributed by atoms with Gasteiger partial charge in [0.1, 0.15) is 5.75 Å². The van der Waals surface area contributed by atoms with Crippen molar-refractivity contribution in [1.29, 1.82) is 0 Å². The summed E-state index contributed by atoms with van der Waals surface area (Å²) in [6.45, 7) is 8.75. The van der Waals surface area contributed by atoms with E-state index in [1.807, 2.05) is 38.1 Å². The summed E-state index contributed by atoms with van der Waals surface area (Å²) in [5, 5.41) is 6.00. The van der Waals surface area contributed by atoms with Gasteiger partial charge in [0.2, 0.25) is 0 Å². The van der Waals surface area contributed by atoms with E-state index in [4.69, 9.17) is 17.0 Å². The summed E-state index contributed by atoms with van der Waals surface area (Å²) < 4.78 is 5.72. The zero-order valence-electron chi connectivity index (χ0n) is 15.1. The van der Waals surface area contributed by atoms with Crippen LogP contribution in [0.1, 0.15) is 35.3 Å². The smallest absolute Gasteiger partial charge is 0.261 e. The first-order valence-electron chi connectivity index (χ1n) is 8.28. The van der Waals surface area contributed by atoms with Crippen LogP contribution in [0.4, 0.5) is 5.69 Å². The molecule has 0 saturated heterocycles. The number of para-hydroxylation sites is 1. The molecule has 0 aliphatic heterocycles. The van der Waals surface area contributed by atoms with Crippen LogP contribution in [0.5, 0.6) is 5.75 Å². The molecule has 132 valence electrons. The minimum absolute atomic E-state index is 0.256. The number of hydrogen-bond acceptors (Lipinski definition) is 3. The highest BCUT2D eigenvalue weighted by atomic mass is 32.1. The van der Waals surface area contributed by atoms with Gasteiger partial charge in [-0.1, -0.05) is 32.0 Å². The molecule has 0 bridgehead atoms. The third kappa shape index (κ3) is 5.57. The number of rotatable bonds is 5. The fourth-order valence-corrected chi connectivity index (χ4v) is 2.40. The van der Waals surface area contributed by atoms with Crippen molar-refractivity contribution in [2.24, 2.45) is 5.92 Å². The predicted molar refractivity (Wildman–Crippen MR) is 106 cm³/mol. The average Bonchev–Trinajstić information content (AvgIpc) is 2.56. The lowest BCUT2D eigenvalue weighted by molar-refractivity contribution is 0.0973. The first-order valence-corrected chi connectivity index (χ1v) is 8.69. The highest BCUT2D eigenvalue weighted by molar-refractivity contribution is 7.80. The second kappa shape index (κ2) is 8.62. The van der Waals surface area contributed by atoms with E-state index in [1.165, 1.54) is 5.56 Å². The molecule has 2 aromatic carbocycles. The molecule has 2 N–H and O–H groups in total. The van der Waals surface area contributed by atoms with Crippen molar-refractivity contribution in [2.45, 2.75) is 27.7 Å². The summed E-state index contributed by atoms with van der Waals surface area (Å²) in [4.78, 5) is 12.5. The Morgan fingerprint density at radius 2 is 1.84 bits per heavy atom. The van der Waals surface area contributed by atoms with Gasteiger partial charge in [-0.2, -0.15) is 0 Å². The molecule has 0 atom stereocenters. The fourth-order valence-electron chi connectivity index (χ4n) is 2.19. The maximum absolute atomic E-state index is 12.5. The van der Waals surface area contributed by atoms with Gasteiger partial charge in [0.15, 0.2) is 5.11 Å². The first-order chi connectivity index (χ1) is 11.9. The number of thiocarbonyl (C=S) groups is 1. The van der Waals surface area contributed by atoms with E-state index in [0.29, 0.717) is 23.8 Å². The van der Waals surface area contributed by atoms with Crippen LogP contribution in [-0.4, -0.2) is 17.6 Å². The van der Waals surface area contributed by atoms with Gasteiger partial charge in [-0.15, -0.1) is 0 Å². The van der Waals surface area contributed by atoms with Crippen molar-refractivity contribution in [2.75, 3.05) is 11.9 Å². The van der Waals surface area contributed by atoms with E-state index in [-0.39, 0.29) is 11.0 Å². The highest BCUT2D eigenvalue weighted by Gasteiger charge is 2.14. The van der Waals surface area contributed by atoms with Crippen molar-refractivity contribution in [3.63, 3.8) is 0 Å². The fraction of sp³-hybridized carbons (Fsp3) is 0.300. The van der Waals surface area contributed by atoms with E-state index in [9.17, 15) is 4.79 Å². The van der Waals surface area contributed by atoms with E-state index in [2.05, 4.69) is 24.5 Å². The quantitative estimate of drug-likeness (QED) is 0.777. The number of hydrogen-bond donors (Lipinski definition) is 2. The molecule has 25 heavy (non-hydrogen) atoms. The molecule has 5 heteroatoms. The van der Waals surface area contributed by atoms with Gasteiger partial charge < -0.3 is 10.1 Å². The summed E-state index contributed by atoms with van der Waals surface area (Å²) in [6.07, 6.45) is 0. The van der Waals surface area contributed by atoms with Crippen molar-refractivity contribution >= 4 is 28.9 Å². The molecule has 2 aromatic rings. The zero-order valence-corrected chi connectivity index (χ0v) is 15.9. The third-order valence-corrected chi connectivity index (χ3v) is 3.90. The molecule has 2 rings (SSSR count). The normalized spacial score (nSPS) is 10.4. The van der Waals surface area contributed by atoms with Crippen LogP contribution < -0.4 is 15.4 Å². The summed E-state index contributed by atoms with van der Waals surface area (Å²) >= 11 is 5.25. The molecule has 1 amide bonds. The second-order valence-corrected chi connectivity index (χ2v) is 6.82. The van der Waals surface area contributed by atoms with E-state index in [1.54, 1.807) is 18.2 Å². The topological polar surface area (TPSA) is 50.4 Å². The van der Waals surface area contributed by atoms with Crippen LogP contribution in [0, 0.1) is 19.8 Å². The van der Waals surface area contributed by atoms with Crippen molar-refractivity contribution < 1.29 is 9.53 Å². The SMILES string of the molecule is Cc1ccc(NC(=S)NC(=O)c2ccccc2OCC(C)C)cc1C. The number of aryl methyl sites for hydroxylation is 2. The Kier molecular flexibility index (Phi) is 6.53. The molecule has 0 saturated carbocycles. The number of benzene rings is 2. The standard InChI is InChI=1S/C20H24N2O2S/c1-13(2)12-24-18-8-6-5-7-17(18)19(23)22-20(25)21-16-10-9-14(3)15(4)11-16/h5-11,13H,12H2,1-4H3,(H2,21,22,23,25). The Labute approximate surface area is 154 Å². The van der Waals surface area contributed by atoms with Gasteiger partial charge in [0.25, 0.3) is 5.91 Å². The molecule has 4 nitrogen and oxygen atoms in total. The van der Waals surface area contributed by atoms with Crippen molar-refractivity contribution in [3.05, 3.63) is 59.2 Å². The Bertz CT molecular complexity index is 772. The number of ether oxygens (including phenoxy) is 1. The molecule has 0 aromatic heterocycles. The van der Waals surface area contributed by atoms with E-state index in [0.717, 1.165) is 11.3 Å². The largest absolute Gasteiger partial charge is 0.492 e. The Morgan fingerprint density at radius 3 is 2.52 bits per heavy atom. The summed E-state index contributed by atoms with van der Waals surface area (Å²) in [6, 6.07) is 13.1. The molecule has 0 spiro atoms. The molecule has 0 fully saturated rings. The lowest BCUT2D eigenvalue weighted by Gasteiger charge is -2.14. The maximum atomic E-state index is 12.5. The lowest BCUT2D eigenvalue weighted by Crippen LogP contribution is -2.34. The van der Waals surface area contributed by atoms with E-state index >= 15 is 0 Å². The summed E-state index contributed by atoms with van der Waals surface area (Å²) in [5.41, 5.74) is 3.67. The molecular weight excluding hydrogens is 332 g/mol. The Morgan fingerprint density at radius 1 is 1.12 bits per heavy atom. The summed E-state index contributed by atoms with van der Waals surface area (Å²) in [7, 11) is 0. The summed E-state index contributed by atoms with van der Waals surface area (Å²) in [5.74, 6) is 0.645. The van der Waals surface area contributed by atoms with Crippen LogP contribution in [0.2, 0.25) is 0 Å². The number of nitrogens with one attached hydrogen (secondary N) is 2. The molecule has 0 radical (unpaired) electrons. The maximum Gasteiger partial charge on any atom is 0.261 e. The van der Waals surface area contributed by atoms with Crippen molar-refractivity contribution in [1.82, 2.24) is 5.32 Å². The molecule has 0 aliphatic carbocycles. The molecule has 0 heterocycles. The average molecular weight is 356 g/mol. The number of carbonyl (C=O) groups excluding carboxylic acids is 1. The van der Waals surface area contributed by atoms with Gasteiger partial charge in [-0.05, 0) is 67.4 Å². The van der Waals surface area contributed by atoms with Gasteiger partial charge in [-0.3, -0.25) is 10.1 Å². The lowest BCUT2D eigenvalue weighted by atomic mass is 10.1. The number of carbonyl (C=O) groups is 1. The van der Waals surface area contributed by atoms with E-state index < -0.39 is 0 Å². The van der Waals surface area contributed by atoms with Gasteiger partial charge in [-0.25, -0.2) is 0 Å². The Balaban J connectivity index is 2.03. The van der Waals surface area contributed by atoms with Gasteiger partial charge in [0.05, 0.1) is 12.2 Å². The monoisotopic (exact) mass is 356 g/mol. The number of amides is 1. The minimum atomic E-state index is -0.291. The molecular formula is C20H24N2O2S. The third-order valence-electron chi connectivity index (χ3n) is 3.70. The van der Waals surface area contributed by atoms with Crippen LogP contribution in [0.3, 0.4) is 0 Å². The van der Waals surface area contributed by atoms with Crippen LogP contribution in [0.15, 0.2) is 42.5 Å². The first kappa shape index (κ1) is 18.9. The van der Waals surface area contributed by atoms with Crippen LogP contribution >= 0.6 is 12.2 Å². The van der Waals surface area contributed by atoms with Gasteiger partial charge >= 0.3 is 0 Å². The molecule has 0 aliphatic rings. The zero-order chi connectivity index (χ0) is 18.4. The van der Waals surface area contributed by atoms with Gasteiger partial charge in [0, 0.05) is 5.69 Å². The van der Waals surface area contributed by atoms with Crippen LogP contribution in [-0.2, 0) is 0 Å². The Hall–Kier alpha value is -2.40. The second-order valence-electron chi connectivity index (χ2n) is 6.41. The molecule has 0 unspecified atom stereocenters. The number of anilines is 1. The minimum Gasteiger partial charge on any atom is -0.492 e. The van der Waals surface area contributed by atoms with Crippen LogP contribution in [0.25, 0.3) is 0 Å². The predicted octanol–water partition coefficient (Wildman–Crippen LogP) is 4.47.